The Balaban J connectivity index is 2.34. The molecule has 0 spiro atoms. The van der Waals surface area contributed by atoms with Crippen molar-refractivity contribution in [1.82, 2.24) is 10.2 Å². The van der Waals surface area contributed by atoms with Crippen LogP contribution in [-0.4, -0.2) is 17.3 Å². The van der Waals surface area contributed by atoms with Crippen molar-refractivity contribution in [2.75, 3.05) is 7.11 Å². The van der Waals surface area contributed by atoms with Crippen LogP contribution in [-0.2, 0) is 6.54 Å². The molecule has 0 atom stereocenters. The van der Waals surface area contributed by atoms with Crippen molar-refractivity contribution < 1.29 is 4.74 Å². The highest BCUT2D eigenvalue weighted by Crippen LogP contribution is 2.20. The van der Waals surface area contributed by atoms with Gasteiger partial charge in [-0.15, -0.1) is 0 Å². The van der Waals surface area contributed by atoms with Gasteiger partial charge in [0.2, 0.25) is 0 Å². The van der Waals surface area contributed by atoms with Gasteiger partial charge in [0.1, 0.15) is 5.75 Å². The number of aromatic nitrogens is 2. The Morgan fingerprint density at radius 1 is 1.25 bits per heavy atom. The number of methoxy groups -OCH3 is 1. The summed E-state index contributed by atoms with van der Waals surface area (Å²) in [4.78, 5) is 0. The van der Waals surface area contributed by atoms with Crippen molar-refractivity contribution in [3.8, 4) is 17.0 Å². The van der Waals surface area contributed by atoms with Gasteiger partial charge in [0, 0.05) is 12.1 Å². The van der Waals surface area contributed by atoms with Crippen molar-refractivity contribution >= 4 is 0 Å². The molecule has 4 heteroatoms. The molecule has 0 unspecified atom stereocenters. The summed E-state index contributed by atoms with van der Waals surface area (Å²) >= 11 is 0. The first kappa shape index (κ1) is 10.6. The molecule has 0 aliphatic heterocycles. The molecule has 82 valence electrons. The van der Waals surface area contributed by atoms with E-state index in [1.807, 2.05) is 30.3 Å². The van der Waals surface area contributed by atoms with Gasteiger partial charge in [-0.3, -0.25) is 0 Å². The normalized spacial score (nSPS) is 10.1. The lowest BCUT2D eigenvalue weighted by Gasteiger charge is -2.03. The van der Waals surface area contributed by atoms with E-state index in [1.165, 1.54) is 0 Å². The average Bonchev–Trinajstić information content (AvgIpc) is 2.39. The van der Waals surface area contributed by atoms with Gasteiger partial charge in [0.15, 0.2) is 0 Å². The fraction of sp³-hybridized carbons (Fsp3) is 0.167. The fourth-order valence-corrected chi connectivity index (χ4v) is 1.42. The number of ether oxygens (including phenoxy) is 1. The summed E-state index contributed by atoms with van der Waals surface area (Å²) in [6.45, 7) is 0.471. The van der Waals surface area contributed by atoms with Crippen molar-refractivity contribution in [3.05, 3.63) is 42.1 Å². The van der Waals surface area contributed by atoms with Gasteiger partial charge in [0.25, 0.3) is 0 Å². The third kappa shape index (κ3) is 2.17. The highest BCUT2D eigenvalue weighted by Gasteiger charge is 2.01. The minimum Gasteiger partial charge on any atom is -0.497 e. The molecular weight excluding hydrogens is 202 g/mol. The molecule has 0 saturated heterocycles. The first-order valence-electron chi connectivity index (χ1n) is 4.99. The SMILES string of the molecule is COc1ccc(-c2cc(CN)cnn2)cc1. The Morgan fingerprint density at radius 3 is 2.62 bits per heavy atom. The minimum atomic E-state index is 0.471. The molecule has 0 aliphatic carbocycles. The topological polar surface area (TPSA) is 61.0 Å². The molecular formula is C12H13N3O. The summed E-state index contributed by atoms with van der Waals surface area (Å²) in [5, 5.41) is 7.98. The molecule has 0 radical (unpaired) electrons. The van der Waals surface area contributed by atoms with Crippen molar-refractivity contribution in [3.63, 3.8) is 0 Å². The van der Waals surface area contributed by atoms with Gasteiger partial charge >= 0.3 is 0 Å². The van der Waals surface area contributed by atoms with E-state index in [4.69, 9.17) is 10.5 Å². The molecule has 16 heavy (non-hydrogen) atoms. The minimum absolute atomic E-state index is 0.471. The highest BCUT2D eigenvalue weighted by molar-refractivity contribution is 5.60. The molecule has 1 aromatic carbocycles. The van der Waals surface area contributed by atoms with Gasteiger partial charge in [-0.05, 0) is 35.9 Å². The van der Waals surface area contributed by atoms with Crippen molar-refractivity contribution in [2.45, 2.75) is 6.54 Å². The Bertz CT molecular complexity index is 468. The summed E-state index contributed by atoms with van der Waals surface area (Å²) in [5.41, 5.74) is 8.36. The average molecular weight is 215 g/mol. The third-order valence-electron chi connectivity index (χ3n) is 2.33. The third-order valence-corrected chi connectivity index (χ3v) is 2.33. The maximum absolute atomic E-state index is 5.55. The monoisotopic (exact) mass is 215 g/mol. The van der Waals surface area contributed by atoms with Crippen LogP contribution >= 0.6 is 0 Å². The van der Waals surface area contributed by atoms with Crippen LogP contribution in [0, 0.1) is 0 Å². The largest absolute Gasteiger partial charge is 0.497 e. The maximum Gasteiger partial charge on any atom is 0.118 e. The van der Waals surface area contributed by atoms with Crippen LogP contribution in [0.4, 0.5) is 0 Å². The number of nitrogens with two attached hydrogens (primary N) is 1. The van der Waals surface area contributed by atoms with Crippen LogP contribution in [0.15, 0.2) is 36.5 Å². The summed E-state index contributed by atoms with van der Waals surface area (Å²) in [7, 11) is 1.64. The van der Waals surface area contributed by atoms with E-state index >= 15 is 0 Å². The van der Waals surface area contributed by atoms with Crippen LogP contribution in [0.5, 0.6) is 5.75 Å². The van der Waals surface area contributed by atoms with E-state index in [0.29, 0.717) is 6.54 Å². The predicted molar refractivity (Wildman–Crippen MR) is 61.9 cm³/mol. The lowest BCUT2D eigenvalue weighted by Crippen LogP contribution is -1.99. The molecule has 0 saturated carbocycles. The van der Waals surface area contributed by atoms with Crippen LogP contribution in [0.1, 0.15) is 5.56 Å². The van der Waals surface area contributed by atoms with Crippen molar-refractivity contribution in [1.29, 1.82) is 0 Å². The number of nitrogens with zero attached hydrogens (tertiary/aromatic N) is 2. The smallest absolute Gasteiger partial charge is 0.118 e. The van der Waals surface area contributed by atoms with E-state index in [-0.39, 0.29) is 0 Å². The summed E-state index contributed by atoms with van der Waals surface area (Å²) in [5.74, 6) is 0.826. The zero-order valence-electron chi connectivity index (χ0n) is 9.05. The standard InChI is InChI=1S/C12H13N3O/c1-16-11-4-2-10(3-5-11)12-6-9(7-13)8-14-15-12/h2-6,8H,7,13H2,1H3. The molecule has 2 rings (SSSR count). The second kappa shape index (κ2) is 4.72. The number of hydrogen-bond donors (Lipinski definition) is 1. The second-order valence-corrected chi connectivity index (χ2v) is 3.38. The molecule has 1 heterocycles. The van der Waals surface area contributed by atoms with E-state index in [1.54, 1.807) is 13.3 Å². The molecule has 4 nitrogen and oxygen atoms in total. The Morgan fingerprint density at radius 2 is 2.00 bits per heavy atom. The highest BCUT2D eigenvalue weighted by atomic mass is 16.5. The molecule has 2 N–H and O–H groups in total. The molecule has 0 fully saturated rings. The Labute approximate surface area is 94.1 Å². The van der Waals surface area contributed by atoms with Crippen LogP contribution in [0.25, 0.3) is 11.3 Å². The fourth-order valence-electron chi connectivity index (χ4n) is 1.42. The molecule has 0 amide bonds. The first-order valence-corrected chi connectivity index (χ1v) is 4.99. The van der Waals surface area contributed by atoms with Crippen LogP contribution < -0.4 is 10.5 Å². The van der Waals surface area contributed by atoms with E-state index in [2.05, 4.69) is 10.2 Å². The van der Waals surface area contributed by atoms with Gasteiger partial charge in [-0.2, -0.15) is 10.2 Å². The lowest BCUT2D eigenvalue weighted by atomic mass is 10.1. The quantitative estimate of drug-likeness (QED) is 0.845. The summed E-state index contributed by atoms with van der Waals surface area (Å²) in [6.07, 6.45) is 1.67. The second-order valence-electron chi connectivity index (χ2n) is 3.38. The van der Waals surface area contributed by atoms with Crippen LogP contribution in [0.2, 0.25) is 0 Å². The van der Waals surface area contributed by atoms with E-state index < -0.39 is 0 Å². The Kier molecular flexibility index (Phi) is 3.12. The summed E-state index contributed by atoms with van der Waals surface area (Å²) < 4.78 is 5.09. The maximum atomic E-state index is 5.55. The van der Waals surface area contributed by atoms with Crippen LogP contribution in [0.3, 0.4) is 0 Å². The predicted octanol–water partition coefficient (Wildman–Crippen LogP) is 1.61. The van der Waals surface area contributed by atoms with Gasteiger partial charge in [-0.25, -0.2) is 0 Å². The van der Waals surface area contributed by atoms with E-state index in [0.717, 1.165) is 22.6 Å². The lowest BCUT2D eigenvalue weighted by molar-refractivity contribution is 0.415. The molecule has 2 aromatic rings. The molecule has 0 bridgehead atoms. The van der Waals surface area contributed by atoms with Gasteiger partial charge in [-0.1, -0.05) is 0 Å². The number of hydrogen-bond acceptors (Lipinski definition) is 4. The number of rotatable bonds is 3. The molecule has 1 aromatic heterocycles. The molecule has 0 aliphatic rings. The zero-order valence-corrected chi connectivity index (χ0v) is 9.05. The van der Waals surface area contributed by atoms with Gasteiger partial charge < -0.3 is 10.5 Å². The Hall–Kier alpha value is -1.94. The van der Waals surface area contributed by atoms with Gasteiger partial charge in [0.05, 0.1) is 19.0 Å². The zero-order chi connectivity index (χ0) is 11.4. The van der Waals surface area contributed by atoms with Crippen molar-refractivity contribution in [2.24, 2.45) is 5.73 Å². The first-order chi connectivity index (χ1) is 7.83. The summed E-state index contributed by atoms with van der Waals surface area (Å²) in [6, 6.07) is 9.62. The van der Waals surface area contributed by atoms with E-state index in [9.17, 15) is 0 Å². The number of benzene rings is 1.